The number of likely N-dealkylation sites (tertiary alicyclic amines) is 1. The molecule has 0 radical (unpaired) electrons. The molecule has 32 heavy (non-hydrogen) atoms. The van der Waals surface area contributed by atoms with E-state index in [1.165, 1.54) is 11.1 Å². The van der Waals surface area contributed by atoms with Gasteiger partial charge in [0.2, 0.25) is 5.91 Å². The van der Waals surface area contributed by atoms with Gasteiger partial charge in [-0.2, -0.15) is 0 Å². The van der Waals surface area contributed by atoms with Gasteiger partial charge in [-0.3, -0.25) is 4.79 Å². The zero-order chi connectivity index (χ0) is 23.0. The number of ether oxygens (including phenoxy) is 1. The van der Waals surface area contributed by atoms with E-state index in [0.29, 0.717) is 32.0 Å². The van der Waals surface area contributed by atoms with E-state index in [1.54, 1.807) is 4.90 Å². The Morgan fingerprint density at radius 3 is 2.00 bits per heavy atom. The van der Waals surface area contributed by atoms with Crippen LogP contribution < -0.4 is 5.32 Å². The molecule has 1 fully saturated rings. The number of rotatable bonds is 7. The molecule has 1 aliphatic rings. The highest BCUT2D eigenvalue weighted by Crippen LogP contribution is 2.27. The molecule has 2 amide bonds. The van der Waals surface area contributed by atoms with Crippen molar-refractivity contribution < 1.29 is 14.3 Å². The van der Waals surface area contributed by atoms with Crippen LogP contribution >= 0.6 is 0 Å². The topological polar surface area (TPSA) is 58.6 Å². The summed E-state index contributed by atoms with van der Waals surface area (Å²) in [7, 11) is 0. The van der Waals surface area contributed by atoms with E-state index in [1.807, 2.05) is 32.9 Å². The molecule has 0 saturated carbocycles. The number of benzene rings is 2. The van der Waals surface area contributed by atoms with Crippen molar-refractivity contribution in [2.45, 2.75) is 58.0 Å². The number of piperidine rings is 1. The van der Waals surface area contributed by atoms with Crippen molar-refractivity contribution in [3.05, 3.63) is 71.8 Å². The Labute approximate surface area is 192 Å². The molecular formula is C27H36N2O3. The van der Waals surface area contributed by atoms with Crippen LogP contribution in [-0.2, 0) is 9.53 Å². The van der Waals surface area contributed by atoms with Crippen LogP contribution in [0.15, 0.2) is 60.7 Å². The van der Waals surface area contributed by atoms with E-state index in [9.17, 15) is 9.59 Å². The minimum Gasteiger partial charge on any atom is -0.444 e. The third kappa shape index (κ3) is 7.40. The van der Waals surface area contributed by atoms with E-state index in [2.05, 4.69) is 53.8 Å². The fourth-order valence-corrected chi connectivity index (χ4v) is 4.23. The van der Waals surface area contributed by atoms with Crippen LogP contribution in [0.1, 0.15) is 63.5 Å². The number of carbonyl (C=O) groups excluding carboxylic acids is 2. The molecule has 1 N–H and O–H groups in total. The maximum Gasteiger partial charge on any atom is 0.410 e. The van der Waals surface area contributed by atoms with Crippen LogP contribution in [-0.4, -0.2) is 42.1 Å². The van der Waals surface area contributed by atoms with Crippen molar-refractivity contribution in [2.24, 2.45) is 5.92 Å². The second kappa shape index (κ2) is 11.2. The second-order valence-corrected chi connectivity index (χ2v) is 9.63. The van der Waals surface area contributed by atoms with Crippen LogP contribution in [0.2, 0.25) is 0 Å². The maximum absolute atomic E-state index is 12.6. The minimum atomic E-state index is -0.481. The fourth-order valence-electron chi connectivity index (χ4n) is 4.23. The van der Waals surface area contributed by atoms with Crippen LogP contribution in [0.5, 0.6) is 0 Å². The van der Waals surface area contributed by atoms with Crippen LogP contribution in [0, 0.1) is 5.92 Å². The molecule has 1 heterocycles. The lowest BCUT2D eigenvalue weighted by Gasteiger charge is -2.33. The summed E-state index contributed by atoms with van der Waals surface area (Å²) >= 11 is 0. The van der Waals surface area contributed by atoms with Gasteiger partial charge in [0, 0.05) is 32.0 Å². The van der Waals surface area contributed by atoms with Crippen LogP contribution in [0.4, 0.5) is 4.79 Å². The molecule has 1 aliphatic heterocycles. The Kier molecular flexibility index (Phi) is 8.32. The summed E-state index contributed by atoms with van der Waals surface area (Å²) in [4.78, 5) is 26.5. The van der Waals surface area contributed by atoms with Gasteiger partial charge in [-0.1, -0.05) is 60.7 Å². The molecule has 0 bridgehead atoms. The fraction of sp³-hybridized carbons (Fsp3) is 0.481. The third-order valence-corrected chi connectivity index (χ3v) is 5.90. The number of hydrogen-bond donors (Lipinski definition) is 1. The molecule has 5 nitrogen and oxygen atoms in total. The molecule has 0 aliphatic carbocycles. The standard InChI is InChI=1S/C27H36N2O3/c1-27(2,3)32-26(31)29-18-15-21(16-19-29)20-25(30)28-17-14-24(22-10-6-4-7-11-22)23-12-8-5-9-13-23/h4-13,21,24H,14-20H2,1-3H3,(H,28,30). The van der Waals surface area contributed by atoms with Gasteiger partial charge in [-0.25, -0.2) is 4.79 Å². The SMILES string of the molecule is CC(C)(C)OC(=O)N1CCC(CC(=O)NCCC(c2ccccc2)c2ccccc2)CC1. The first-order valence-electron chi connectivity index (χ1n) is 11.7. The number of amides is 2. The predicted octanol–water partition coefficient (Wildman–Crippen LogP) is 5.36. The molecule has 2 aromatic rings. The highest BCUT2D eigenvalue weighted by Gasteiger charge is 2.27. The van der Waals surface area contributed by atoms with Gasteiger partial charge in [0.1, 0.15) is 5.60 Å². The van der Waals surface area contributed by atoms with Crippen molar-refractivity contribution in [3.63, 3.8) is 0 Å². The van der Waals surface area contributed by atoms with Gasteiger partial charge in [-0.15, -0.1) is 0 Å². The Balaban J connectivity index is 1.44. The Bertz CT molecular complexity index is 814. The lowest BCUT2D eigenvalue weighted by Crippen LogP contribution is -2.42. The highest BCUT2D eigenvalue weighted by atomic mass is 16.6. The molecular weight excluding hydrogens is 400 g/mol. The first kappa shape index (κ1) is 23.8. The highest BCUT2D eigenvalue weighted by molar-refractivity contribution is 5.76. The van der Waals surface area contributed by atoms with Gasteiger partial charge in [0.05, 0.1) is 0 Å². The summed E-state index contributed by atoms with van der Waals surface area (Å²) in [6, 6.07) is 20.9. The van der Waals surface area contributed by atoms with Gasteiger partial charge in [0.25, 0.3) is 0 Å². The first-order valence-corrected chi connectivity index (χ1v) is 11.7. The molecule has 5 heteroatoms. The molecule has 0 atom stereocenters. The minimum absolute atomic E-state index is 0.0978. The summed E-state index contributed by atoms with van der Waals surface area (Å²) in [5.74, 6) is 0.670. The summed E-state index contributed by atoms with van der Waals surface area (Å²) in [6.07, 6.45) is 2.79. The van der Waals surface area contributed by atoms with Crippen molar-refractivity contribution in [1.82, 2.24) is 10.2 Å². The molecule has 172 valence electrons. The monoisotopic (exact) mass is 436 g/mol. The molecule has 0 spiro atoms. The van der Waals surface area contributed by atoms with Crippen LogP contribution in [0.3, 0.4) is 0 Å². The molecule has 0 aromatic heterocycles. The Morgan fingerprint density at radius 2 is 1.50 bits per heavy atom. The number of carbonyl (C=O) groups is 2. The van der Waals surface area contributed by atoms with Crippen molar-refractivity contribution in [1.29, 1.82) is 0 Å². The number of nitrogens with zero attached hydrogens (tertiary/aromatic N) is 1. The van der Waals surface area contributed by atoms with E-state index in [-0.39, 0.29) is 17.9 Å². The predicted molar refractivity (Wildman–Crippen MR) is 128 cm³/mol. The van der Waals surface area contributed by atoms with Gasteiger partial charge in [-0.05, 0) is 57.1 Å². The number of hydrogen-bond acceptors (Lipinski definition) is 3. The van der Waals surface area contributed by atoms with Gasteiger partial charge < -0.3 is 15.0 Å². The molecule has 2 aromatic carbocycles. The third-order valence-electron chi connectivity index (χ3n) is 5.90. The zero-order valence-electron chi connectivity index (χ0n) is 19.5. The van der Waals surface area contributed by atoms with E-state index < -0.39 is 5.60 Å². The lowest BCUT2D eigenvalue weighted by molar-refractivity contribution is -0.122. The smallest absolute Gasteiger partial charge is 0.410 e. The average Bonchev–Trinajstić information content (AvgIpc) is 2.77. The first-order chi connectivity index (χ1) is 15.3. The van der Waals surface area contributed by atoms with Crippen molar-refractivity contribution in [2.75, 3.05) is 19.6 Å². The summed E-state index contributed by atoms with van der Waals surface area (Å²) < 4.78 is 5.45. The van der Waals surface area contributed by atoms with Gasteiger partial charge >= 0.3 is 6.09 Å². The lowest BCUT2D eigenvalue weighted by atomic mass is 9.88. The Morgan fingerprint density at radius 1 is 0.969 bits per heavy atom. The van der Waals surface area contributed by atoms with Crippen molar-refractivity contribution in [3.8, 4) is 0 Å². The van der Waals surface area contributed by atoms with E-state index >= 15 is 0 Å². The van der Waals surface area contributed by atoms with Gasteiger partial charge in [0.15, 0.2) is 0 Å². The number of nitrogens with one attached hydrogen (secondary N) is 1. The Hall–Kier alpha value is -2.82. The summed E-state index contributed by atoms with van der Waals surface area (Å²) in [5, 5.41) is 3.12. The summed E-state index contributed by atoms with van der Waals surface area (Å²) in [5.41, 5.74) is 2.05. The quantitative estimate of drug-likeness (QED) is 0.635. The maximum atomic E-state index is 12.6. The molecule has 3 rings (SSSR count). The second-order valence-electron chi connectivity index (χ2n) is 9.63. The molecule has 0 unspecified atom stereocenters. The van der Waals surface area contributed by atoms with E-state index in [4.69, 9.17) is 4.74 Å². The van der Waals surface area contributed by atoms with E-state index in [0.717, 1.165) is 19.3 Å². The zero-order valence-corrected chi connectivity index (χ0v) is 19.5. The van der Waals surface area contributed by atoms with Crippen molar-refractivity contribution >= 4 is 12.0 Å². The molecule has 1 saturated heterocycles. The normalized spacial score (nSPS) is 14.9. The summed E-state index contributed by atoms with van der Waals surface area (Å²) in [6.45, 7) is 7.57. The van der Waals surface area contributed by atoms with Crippen LogP contribution in [0.25, 0.3) is 0 Å². The largest absolute Gasteiger partial charge is 0.444 e. The average molecular weight is 437 g/mol.